The van der Waals surface area contributed by atoms with Crippen LogP contribution in [0, 0.1) is 6.92 Å². The van der Waals surface area contributed by atoms with E-state index in [1.54, 1.807) is 0 Å². The summed E-state index contributed by atoms with van der Waals surface area (Å²) in [5.74, 6) is 0.229. The molecular formula is C15H19N5O. The van der Waals surface area contributed by atoms with Gasteiger partial charge in [0.2, 0.25) is 0 Å². The maximum Gasteiger partial charge on any atom is 0.269 e. The molecule has 0 saturated carbocycles. The maximum atomic E-state index is 11.7. The fourth-order valence-electron chi connectivity index (χ4n) is 2.76. The van der Waals surface area contributed by atoms with Crippen molar-refractivity contribution in [3.05, 3.63) is 28.8 Å². The highest BCUT2D eigenvalue weighted by Crippen LogP contribution is 2.36. The number of aromatic nitrogens is 4. The number of nitrogens with zero attached hydrogens (tertiary/aromatic N) is 4. The molecule has 2 N–H and O–H groups in total. The van der Waals surface area contributed by atoms with Gasteiger partial charge in [0, 0.05) is 11.8 Å². The first-order chi connectivity index (χ1) is 9.79. The van der Waals surface area contributed by atoms with E-state index in [4.69, 9.17) is 5.73 Å². The van der Waals surface area contributed by atoms with Gasteiger partial charge in [-0.2, -0.15) is 5.10 Å². The number of carbonyl (C=O) groups excluding carboxylic acids is 1. The van der Waals surface area contributed by atoms with E-state index in [0.29, 0.717) is 11.5 Å². The fraction of sp³-hybridized carbons (Fsp3) is 0.467. The van der Waals surface area contributed by atoms with Crippen molar-refractivity contribution in [2.24, 2.45) is 5.73 Å². The number of rotatable bonds is 1. The van der Waals surface area contributed by atoms with Crippen LogP contribution in [0.5, 0.6) is 0 Å². The predicted octanol–water partition coefficient (Wildman–Crippen LogP) is 1.60. The second-order valence-corrected chi connectivity index (χ2v) is 6.41. The molecule has 6 nitrogen and oxygen atoms in total. The molecule has 0 spiro atoms. The van der Waals surface area contributed by atoms with Gasteiger partial charge in [0.25, 0.3) is 5.91 Å². The highest BCUT2D eigenvalue weighted by atomic mass is 16.1. The number of hydrogen-bond acceptors (Lipinski definition) is 4. The monoisotopic (exact) mass is 285 g/mol. The van der Waals surface area contributed by atoms with Crippen LogP contribution in [0.1, 0.15) is 48.2 Å². The number of fused-ring (bicyclic) bond motifs is 3. The minimum absolute atomic E-state index is 0.259. The Labute approximate surface area is 123 Å². The molecular weight excluding hydrogens is 266 g/mol. The summed E-state index contributed by atoms with van der Waals surface area (Å²) in [5.41, 5.74) is 9.38. The van der Waals surface area contributed by atoms with Crippen LogP contribution >= 0.6 is 0 Å². The van der Waals surface area contributed by atoms with Gasteiger partial charge in [-0.3, -0.25) is 9.48 Å². The van der Waals surface area contributed by atoms with Crippen LogP contribution < -0.4 is 5.73 Å². The number of hydrogen-bond donors (Lipinski definition) is 1. The van der Waals surface area contributed by atoms with Gasteiger partial charge in [-0.15, -0.1) is 0 Å². The first-order valence-corrected chi connectivity index (χ1v) is 7.04. The maximum absolute atomic E-state index is 11.7. The lowest BCUT2D eigenvalue weighted by Crippen LogP contribution is -2.25. The lowest BCUT2D eigenvalue weighted by Gasteiger charge is -2.25. The standard InChI is InChI=1S/C15H19N5O/c1-8-17-7-9-5-6-10-12(14(16)21)19-20(15(2,3)4)13(10)11(9)18-8/h7H,5-6H2,1-4H3,(H2,16,21). The Morgan fingerprint density at radius 3 is 2.67 bits per heavy atom. The second kappa shape index (κ2) is 4.38. The lowest BCUT2D eigenvalue weighted by atomic mass is 9.92. The quantitative estimate of drug-likeness (QED) is 0.862. The van der Waals surface area contributed by atoms with Crippen LogP contribution in [-0.4, -0.2) is 25.7 Å². The van der Waals surface area contributed by atoms with Crippen molar-refractivity contribution in [2.75, 3.05) is 0 Å². The summed E-state index contributed by atoms with van der Waals surface area (Å²) in [6.45, 7) is 8.01. The van der Waals surface area contributed by atoms with Crippen LogP contribution in [0.15, 0.2) is 6.20 Å². The van der Waals surface area contributed by atoms with Crippen molar-refractivity contribution >= 4 is 5.91 Å². The number of carbonyl (C=O) groups is 1. The van der Waals surface area contributed by atoms with Crippen LogP contribution in [0.3, 0.4) is 0 Å². The van der Waals surface area contributed by atoms with E-state index in [1.165, 1.54) is 0 Å². The van der Waals surface area contributed by atoms with Crippen LogP contribution in [0.2, 0.25) is 0 Å². The van der Waals surface area contributed by atoms with Crippen molar-refractivity contribution in [3.63, 3.8) is 0 Å². The Bertz CT molecular complexity index is 739. The highest BCUT2D eigenvalue weighted by molar-refractivity contribution is 5.94. The normalized spacial score (nSPS) is 13.7. The van der Waals surface area contributed by atoms with Gasteiger partial charge < -0.3 is 5.73 Å². The van der Waals surface area contributed by atoms with Gasteiger partial charge in [-0.25, -0.2) is 9.97 Å². The van der Waals surface area contributed by atoms with Crippen molar-refractivity contribution in [2.45, 2.75) is 46.1 Å². The van der Waals surface area contributed by atoms with Crippen molar-refractivity contribution in [1.82, 2.24) is 19.7 Å². The minimum Gasteiger partial charge on any atom is -0.364 e. The molecule has 2 heterocycles. The summed E-state index contributed by atoms with van der Waals surface area (Å²) < 4.78 is 1.87. The van der Waals surface area contributed by atoms with E-state index in [-0.39, 0.29) is 5.54 Å². The van der Waals surface area contributed by atoms with Gasteiger partial charge >= 0.3 is 0 Å². The molecule has 21 heavy (non-hydrogen) atoms. The average Bonchev–Trinajstić information content (AvgIpc) is 2.78. The molecule has 1 amide bonds. The zero-order valence-electron chi connectivity index (χ0n) is 12.8. The summed E-state index contributed by atoms with van der Waals surface area (Å²) in [7, 11) is 0. The second-order valence-electron chi connectivity index (χ2n) is 6.41. The van der Waals surface area contributed by atoms with Crippen LogP contribution in [0.4, 0.5) is 0 Å². The molecule has 110 valence electrons. The molecule has 0 unspecified atom stereocenters. The predicted molar refractivity (Wildman–Crippen MR) is 78.9 cm³/mol. The van der Waals surface area contributed by atoms with Crippen molar-refractivity contribution in [3.8, 4) is 11.4 Å². The Morgan fingerprint density at radius 2 is 2.05 bits per heavy atom. The zero-order valence-corrected chi connectivity index (χ0v) is 12.8. The Balaban J connectivity index is 2.35. The molecule has 0 fully saturated rings. The zero-order chi connectivity index (χ0) is 15.4. The number of amides is 1. The SMILES string of the molecule is Cc1ncc2c(n1)-c1c(c(C(N)=O)nn1C(C)(C)C)CC2. The summed E-state index contributed by atoms with van der Waals surface area (Å²) >= 11 is 0. The largest absolute Gasteiger partial charge is 0.364 e. The average molecular weight is 285 g/mol. The molecule has 1 aliphatic carbocycles. The number of nitrogens with two attached hydrogens (primary N) is 1. The smallest absolute Gasteiger partial charge is 0.269 e. The van der Waals surface area contributed by atoms with Gasteiger partial charge in [0.15, 0.2) is 5.69 Å². The molecule has 2 aromatic heterocycles. The van der Waals surface area contributed by atoms with E-state index in [1.807, 2.05) is 38.6 Å². The van der Waals surface area contributed by atoms with E-state index >= 15 is 0 Å². The molecule has 1 aliphatic rings. The molecule has 6 heteroatoms. The number of aryl methyl sites for hydroxylation is 2. The summed E-state index contributed by atoms with van der Waals surface area (Å²) in [6.07, 6.45) is 3.41. The van der Waals surface area contributed by atoms with E-state index in [9.17, 15) is 4.79 Å². The number of primary amides is 1. The first kappa shape index (κ1) is 13.7. The van der Waals surface area contributed by atoms with E-state index in [0.717, 1.165) is 35.4 Å². The minimum atomic E-state index is -0.483. The Kier molecular flexibility index (Phi) is 2.86. The van der Waals surface area contributed by atoms with Gasteiger partial charge in [0.1, 0.15) is 5.82 Å². The molecule has 0 aromatic carbocycles. The highest BCUT2D eigenvalue weighted by Gasteiger charge is 2.32. The fourth-order valence-corrected chi connectivity index (χ4v) is 2.76. The summed E-state index contributed by atoms with van der Waals surface area (Å²) in [5, 5.41) is 4.47. The van der Waals surface area contributed by atoms with Crippen LogP contribution in [0.25, 0.3) is 11.4 Å². The van der Waals surface area contributed by atoms with Gasteiger partial charge in [0.05, 0.1) is 16.9 Å². The Hall–Kier alpha value is -2.24. The summed E-state index contributed by atoms with van der Waals surface area (Å²) in [4.78, 5) is 20.6. The lowest BCUT2D eigenvalue weighted by molar-refractivity contribution is 0.0993. The third-order valence-corrected chi connectivity index (χ3v) is 3.71. The third kappa shape index (κ3) is 2.11. The summed E-state index contributed by atoms with van der Waals surface area (Å²) in [6, 6.07) is 0. The van der Waals surface area contributed by atoms with E-state index in [2.05, 4.69) is 15.1 Å². The van der Waals surface area contributed by atoms with Gasteiger partial charge in [-0.05, 0) is 46.1 Å². The van der Waals surface area contributed by atoms with Gasteiger partial charge in [-0.1, -0.05) is 0 Å². The van der Waals surface area contributed by atoms with E-state index < -0.39 is 5.91 Å². The molecule has 2 aromatic rings. The molecule has 0 radical (unpaired) electrons. The molecule has 0 aliphatic heterocycles. The van der Waals surface area contributed by atoms with Crippen molar-refractivity contribution in [1.29, 1.82) is 0 Å². The molecule has 0 atom stereocenters. The third-order valence-electron chi connectivity index (χ3n) is 3.71. The topological polar surface area (TPSA) is 86.7 Å². The van der Waals surface area contributed by atoms with Crippen molar-refractivity contribution < 1.29 is 4.79 Å². The molecule has 0 saturated heterocycles. The molecule has 0 bridgehead atoms. The van der Waals surface area contributed by atoms with Crippen LogP contribution in [-0.2, 0) is 18.4 Å². The molecule has 3 rings (SSSR count). The first-order valence-electron chi connectivity index (χ1n) is 7.04. The Morgan fingerprint density at radius 1 is 1.33 bits per heavy atom.